The molecule has 2 rings (SSSR count). The van der Waals surface area contributed by atoms with Gasteiger partial charge in [-0.15, -0.1) is 0 Å². The van der Waals surface area contributed by atoms with Crippen molar-refractivity contribution >= 4 is 23.4 Å². The molecule has 1 atom stereocenters. The van der Waals surface area contributed by atoms with E-state index in [1.54, 1.807) is 11.8 Å². The smallest absolute Gasteiger partial charge is 0.0833 e. The summed E-state index contributed by atoms with van der Waals surface area (Å²) in [5.41, 5.74) is 0.590. The quantitative estimate of drug-likeness (QED) is 0.798. The molecule has 3 nitrogen and oxygen atoms in total. The van der Waals surface area contributed by atoms with Gasteiger partial charge in [0.1, 0.15) is 0 Å². The van der Waals surface area contributed by atoms with Crippen LogP contribution in [0.15, 0.2) is 24.3 Å². The van der Waals surface area contributed by atoms with Crippen molar-refractivity contribution in [2.24, 2.45) is 0 Å². The minimum atomic E-state index is -0.617. The third-order valence-electron chi connectivity index (χ3n) is 4.17. The molecule has 1 heterocycles. The number of nitrogens with one attached hydrogen (secondary N) is 1. The van der Waals surface area contributed by atoms with Crippen LogP contribution in [0, 0.1) is 0 Å². The lowest BCUT2D eigenvalue weighted by Crippen LogP contribution is -2.48. The Morgan fingerprint density at radius 1 is 1.36 bits per heavy atom. The number of aliphatic hydroxyl groups is 1. The monoisotopic (exact) mass is 342 g/mol. The second-order valence-corrected chi connectivity index (χ2v) is 7.73. The van der Waals surface area contributed by atoms with Gasteiger partial charge in [0.25, 0.3) is 0 Å². The molecule has 0 aromatic heterocycles. The standard InChI is InChI=1S/C17H27ClN2OS/c1-17(21,13-22-2)12-19-15-7-9-20(10-8-15)11-14-5-3-4-6-16(14)18/h3-6,15,19,21H,7-13H2,1-2H3. The molecule has 1 unspecified atom stereocenters. The van der Waals surface area contributed by atoms with E-state index in [4.69, 9.17) is 11.6 Å². The first-order valence-electron chi connectivity index (χ1n) is 7.90. The van der Waals surface area contributed by atoms with Crippen molar-refractivity contribution in [2.45, 2.75) is 38.0 Å². The summed E-state index contributed by atoms with van der Waals surface area (Å²) in [5, 5.41) is 14.6. The second kappa shape index (κ2) is 8.55. The van der Waals surface area contributed by atoms with Gasteiger partial charge < -0.3 is 10.4 Å². The van der Waals surface area contributed by atoms with Crippen molar-refractivity contribution in [3.63, 3.8) is 0 Å². The summed E-state index contributed by atoms with van der Waals surface area (Å²) in [6.07, 6.45) is 4.28. The number of likely N-dealkylation sites (tertiary alicyclic amines) is 1. The zero-order chi connectivity index (χ0) is 16.0. The molecule has 1 aliphatic heterocycles. The molecule has 1 saturated heterocycles. The first kappa shape index (κ1) is 18.1. The Kier molecular flexibility index (Phi) is 7.03. The third-order valence-corrected chi connectivity index (χ3v) is 5.45. The largest absolute Gasteiger partial charge is 0.388 e. The van der Waals surface area contributed by atoms with Gasteiger partial charge in [-0.2, -0.15) is 11.8 Å². The lowest BCUT2D eigenvalue weighted by Gasteiger charge is -2.34. The fourth-order valence-corrected chi connectivity index (χ4v) is 3.81. The van der Waals surface area contributed by atoms with E-state index in [2.05, 4.69) is 16.3 Å². The highest BCUT2D eigenvalue weighted by atomic mass is 35.5. The van der Waals surface area contributed by atoms with Crippen molar-refractivity contribution in [2.75, 3.05) is 31.6 Å². The van der Waals surface area contributed by atoms with Crippen molar-refractivity contribution in [1.29, 1.82) is 0 Å². The van der Waals surface area contributed by atoms with E-state index in [0.717, 1.165) is 43.3 Å². The molecule has 5 heteroatoms. The molecule has 22 heavy (non-hydrogen) atoms. The van der Waals surface area contributed by atoms with Crippen LogP contribution in [0.25, 0.3) is 0 Å². The average Bonchev–Trinajstić information content (AvgIpc) is 2.49. The average molecular weight is 343 g/mol. The lowest BCUT2D eigenvalue weighted by molar-refractivity contribution is 0.0761. The number of piperidine rings is 1. The number of hydrogen-bond donors (Lipinski definition) is 2. The first-order valence-corrected chi connectivity index (χ1v) is 9.68. The molecular weight excluding hydrogens is 316 g/mol. The minimum absolute atomic E-state index is 0.510. The van der Waals surface area contributed by atoms with Gasteiger partial charge in [0.05, 0.1) is 5.60 Å². The Balaban J connectivity index is 1.73. The van der Waals surface area contributed by atoms with Crippen LogP contribution < -0.4 is 5.32 Å². The molecule has 2 N–H and O–H groups in total. The Hall–Kier alpha value is -0.260. The minimum Gasteiger partial charge on any atom is -0.388 e. The van der Waals surface area contributed by atoms with Crippen molar-refractivity contribution in [3.8, 4) is 0 Å². The van der Waals surface area contributed by atoms with E-state index in [1.807, 2.05) is 31.4 Å². The molecule has 0 bridgehead atoms. The molecular formula is C17H27ClN2OS. The molecule has 1 aromatic rings. The summed E-state index contributed by atoms with van der Waals surface area (Å²) in [6, 6.07) is 8.59. The molecule has 1 fully saturated rings. The molecule has 0 aliphatic carbocycles. The maximum atomic E-state index is 10.2. The number of rotatable bonds is 7. The Bertz CT molecular complexity index is 462. The number of halogens is 1. The van der Waals surface area contributed by atoms with Crippen molar-refractivity contribution in [3.05, 3.63) is 34.9 Å². The van der Waals surface area contributed by atoms with Gasteiger partial charge >= 0.3 is 0 Å². The van der Waals surface area contributed by atoms with E-state index in [-0.39, 0.29) is 0 Å². The number of nitrogens with zero attached hydrogens (tertiary/aromatic N) is 1. The SMILES string of the molecule is CSCC(C)(O)CNC1CCN(Cc2ccccc2Cl)CC1. The van der Waals surface area contributed by atoms with Crippen LogP contribution in [-0.2, 0) is 6.54 Å². The van der Waals surface area contributed by atoms with Crippen LogP contribution >= 0.6 is 23.4 Å². The molecule has 124 valence electrons. The predicted molar refractivity (Wildman–Crippen MR) is 96.8 cm³/mol. The van der Waals surface area contributed by atoms with Crippen LogP contribution in [0.2, 0.25) is 5.02 Å². The van der Waals surface area contributed by atoms with Gasteiger partial charge in [-0.3, -0.25) is 4.90 Å². The molecule has 1 aromatic carbocycles. The number of hydrogen-bond acceptors (Lipinski definition) is 4. The maximum absolute atomic E-state index is 10.2. The summed E-state index contributed by atoms with van der Waals surface area (Å²) in [4.78, 5) is 2.46. The highest BCUT2D eigenvalue weighted by molar-refractivity contribution is 7.98. The zero-order valence-corrected chi connectivity index (χ0v) is 15.1. The highest BCUT2D eigenvalue weighted by Gasteiger charge is 2.24. The van der Waals surface area contributed by atoms with Crippen molar-refractivity contribution in [1.82, 2.24) is 10.2 Å². The van der Waals surface area contributed by atoms with Gasteiger partial charge in [0.15, 0.2) is 0 Å². The molecule has 0 saturated carbocycles. The van der Waals surface area contributed by atoms with Gasteiger partial charge in [-0.05, 0) is 50.7 Å². The number of benzene rings is 1. The molecule has 0 amide bonds. The topological polar surface area (TPSA) is 35.5 Å². The summed E-state index contributed by atoms with van der Waals surface area (Å²) < 4.78 is 0. The predicted octanol–water partition coefficient (Wildman–Crippen LogP) is 3.01. The zero-order valence-electron chi connectivity index (χ0n) is 13.5. The summed E-state index contributed by atoms with van der Waals surface area (Å²) in [6.45, 7) is 5.66. The maximum Gasteiger partial charge on any atom is 0.0833 e. The van der Waals surface area contributed by atoms with Crippen LogP contribution in [0.3, 0.4) is 0 Å². The van der Waals surface area contributed by atoms with Gasteiger partial charge in [0, 0.05) is 29.9 Å². The highest BCUT2D eigenvalue weighted by Crippen LogP contribution is 2.20. The third kappa shape index (κ3) is 5.74. The fourth-order valence-electron chi connectivity index (χ4n) is 2.89. The first-order chi connectivity index (χ1) is 10.5. The van der Waals surface area contributed by atoms with Crippen LogP contribution in [-0.4, -0.2) is 53.3 Å². The Morgan fingerprint density at radius 3 is 2.68 bits per heavy atom. The lowest BCUT2D eigenvalue weighted by atomic mass is 10.0. The summed E-state index contributed by atoms with van der Waals surface area (Å²) >= 11 is 7.92. The van der Waals surface area contributed by atoms with Gasteiger partial charge in [-0.1, -0.05) is 29.8 Å². The van der Waals surface area contributed by atoms with Crippen LogP contribution in [0.1, 0.15) is 25.3 Å². The molecule has 0 spiro atoms. The number of thioether (sulfide) groups is 1. The summed E-state index contributed by atoms with van der Waals surface area (Å²) in [7, 11) is 0. The second-order valence-electron chi connectivity index (χ2n) is 6.45. The normalized spacial score (nSPS) is 20.0. The van der Waals surface area contributed by atoms with E-state index in [1.165, 1.54) is 5.56 Å². The fraction of sp³-hybridized carbons (Fsp3) is 0.647. The molecule has 0 radical (unpaired) electrons. The Morgan fingerprint density at radius 2 is 2.05 bits per heavy atom. The van der Waals surface area contributed by atoms with Gasteiger partial charge in [0.2, 0.25) is 0 Å². The summed E-state index contributed by atoms with van der Waals surface area (Å²) in [5.74, 6) is 0.769. The van der Waals surface area contributed by atoms with E-state index < -0.39 is 5.60 Å². The Labute approximate surface area is 143 Å². The van der Waals surface area contributed by atoms with E-state index in [9.17, 15) is 5.11 Å². The van der Waals surface area contributed by atoms with Crippen molar-refractivity contribution < 1.29 is 5.11 Å². The van der Waals surface area contributed by atoms with Gasteiger partial charge in [-0.25, -0.2) is 0 Å². The molecule has 1 aliphatic rings. The van der Waals surface area contributed by atoms with Crippen LogP contribution in [0.4, 0.5) is 0 Å². The van der Waals surface area contributed by atoms with Crippen LogP contribution in [0.5, 0.6) is 0 Å². The van der Waals surface area contributed by atoms with E-state index in [0.29, 0.717) is 12.6 Å². The van der Waals surface area contributed by atoms with E-state index >= 15 is 0 Å².